The highest BCUT2D eigenvalue weighted by Gasteiger charge is 2.15. The molecule has 118 valence electrons. The van der Waals surface area contributed by atoms with Crippen molar-refractivity contribution in [2.75, 3.05) is 20.2 Å². The van der Waals surface area contributed by atoms with Gasteiger partial charge in [0.15, 0.2) is 0 Å². The second-order valence-electron chi connectivity index (χ2n) is 5.14. The Kier molecular flexibility index (Phi) is 8.07. The van der Waals surface area contributed by atoms with Crippen molar-refractivity contribution in [2.45, 2.75) is 25.8 Å². The molecule has 1 saturated heterocycles. The summed E-state index contributed by atoms with van der Waals surface area (Å²) in [6.07, 6.45) is 2.79. The average Bonchev–Trinajstić information content (AvgIpc) is 2.96. The quantitative estimate of drug-likeness (QED) is 0.801. The molecule has 1 amide bonds. The number of halogens is 2. The van der Waals surface area contributed by atoms with Crippen molar-refractivity contribution in [3.8, 4) is 5.75 Å². The van der Waals surface area contributed by atoms with Gasteiger partial charge in [0.25, 0.3) is 0 Å². The third-order valence-corrected chi connectivity index (χ3v) is 4.27. The average molecular weight is 378 g/mol. The van der Waals surface area contributed by atoms with Crippen LogP contribution in [0.2, 0.25) is 0 Å². The van der Waals surface area contributed by atoms with Crippen LogP contribution >= 0.6 is 28.3 Å². The highest BCUT2D eigenvalue weighted by Crippen LogP contribution is 2.25. The van der Waals surface area contributed by atoms with Crippen LogP contribution in [-0.4, -0.2) is 26.1 Å². The molecule has 0 spiro atoms. The van der Waals surface area contributed by atoms with E-state index < -0.39 is 0 Å². The van der Waals surface area contributed by atoms with E-state index in [1.807, 2.05) is 18.2 Å². The Morgan fingerprint density at radius 2 is 2.33 bits per heavy atom. The van der Waals surface area contributed by atoms with Crippen LogP contribution in [0, 0.1) is 5.92 Å². The molecule has 6 heteroatoms. The van der Waals surface area contributed by atoms with E-state index in [4.69, 9.17) is 4.74 Å². The van der Waals surface area contributed by atoms with E-state index >= 15 is 0 Å². The zero-order valence-electron chi connectivity index (χ0n) is 12.2. The molecule has 4 nitrogen and oxygen atoms in total. The minimum Gasteiger partial charge on any atom is -0.496 e. The maximum absolute atomic E-state index is 11.8. The first-order chi connectivity index (χ1) is 9.69. The fourth-order valence-electron chi connectivity index (χ4n) is 2.40. The van der Waals surface area contributed by atoms with Gasteiger partial charge in [-0.15, -0.1) is 12.4 Å². The van der Waals surface area contributed by atoms with Gasteiger partial charge >= 0.3 is 0 Å². The minimum absolute atomic E-state index is 0. The fourth-order valence-corrected chi connectivity index (χ4v) is 2.99. The molecule has 1 atom stereocenters. The molecule has 0 saturated carbocycles. The van der Waals surface area contributed by atoms with Gasteiger partial charge in [0, 0.05) is 13.0 Å². The van der Waals surface area contributed by atoms with Gasteiger partial charge in [-0.05, 0) is 65.5 Å². The smallest absolute Gasteiger partial charge is 0.220 e. The van der Waals surface area contributed by atoms with E-state index in [-0.39, 0.29) is 18.3 Å². The van der Waals surface area contributed by atoms with E-state index in [1.54, 1.807) is 7.11 Å². The van der Waals surface area contributed by atoms with Gasteiger partial charge in [0.2, 0.25) is 5.91 Å². The van der Waals surface area contributed by atoms with Crippen LogP contribution in [0.25, 0.3) is 0 Å². The molecule has 1 aliphatic rings. The minimum atomic E-state index is 0. The first-order valence-electron chi connectivity index (χ1n) is 6.99. The van der Waals surface area contributed by atoms with Crippen molar-refractivity contribution in [3.63, 3.8) is 0 Å². The number of benzene rings is 1. The molecule has 1 aliphatic heterocycles. The SMILES string of the molecule is COc1ccc(CNC(=O)CCC2CCNC2)cc1Br.Cl. The summed E-state index contributed by atoms with van der Waals surface area (Å²) in [5, 5.41) is 6.29. The van der Waals surface area contributed by atoms with Crippen molar-refractivity contribution in [3.05, 3.63) is 28.2 Å². The lowest BCUT2D eigenvalue weighted by Gasteiger charge is -2.10. The monoisotopic (exact) mass is 376 g/mol. The zero-order valence-corrected chi connectivity index (χ0v) is 14.6. The Bertz CT molecular complexity index is 465. The van der Waals surface area contributed by atoms with Crippen molar-refractivity contribution in [2.24, 2.45) is 5.92 Å². The summed E-state index contributed by atoms with van der Waals surface area (Å²) in [7, 11) is 1.64. The lowest BCUT2D eigenvalue weighted by Crippen LogP contribution is -2.23. The third kappa shape index (κ3) is 5.85. The summed E-state index contributed by atoms with van der Waals surface area (Å²) in [5.74, 6) is 1.59. The van der Waals surface area contributed by atoms with Gasteiger partial charge in [-0.25, -0.2) is 0 Å². The molecule has 0 radical (unpaired) electrons. The summed E-state index contributed by atoms with van der Waals surface area (Å²) in [5.41, 5.74) is 1.06. The molecule has 0 bridgehead atoms. The van der Waals surface area contributed by atoms with Gasteiger partial charge in [-0.3, -0.25) is 4.79 Å². The molecular weight excluding hydrogens is 356 g/mol. The fraction of sp³-hybridized carbons (Fsp3) is 0.533. The first-order valence-corrected chi connectivity index (χ1v) is 7.78. The van der Waals surface area contributed by atoms with E-state index in [9.17, 15) is 4.79 Å². The van der Waals surface area contributed by atoms with Gasteiger partial charge in [-0.1, -0.05) is 6.07 Å². The number of rotatable bonds is 6. The predicted octanol–water partition coefficient (Wildman–Crippen LogP) is 2.89. The van der Waals surface area contributed by atoms with Crippen molar-refractivity contribution < 1.29 is 9.53 Å². The highest BCUT2D eigenvalue weighted by molar-refractivity contribution is 9.10. The van der Waals surface area contributed by atoms with Crippen molar-refractivity contribution in [1.29, 1.82) is 0 Å². The first kappa shape index (κ1) is 18.3. The van der Waals surface area contributed by atoms with Crippen molar-refractivity contribution >= 4 is 34.2 Å². The molecule has 1 heterocycles. The third-order valence-electron chi connectivity index (χ3n) is 3.65. The normalized spacial score (nSPS) is 17.1. The van der Waals surface area contributed by atoms with Gasteiger partial charge in [-0.2, -0.15) is 0 Å². The lowest BCUT2D eigenvalue weighted by molar-refractivity contribution is -0.121. The van der Waals surface area contributed by atoms with E-state index in [1.165, 1.54) is 6.42 Å². The van der Waals surface area contributed by atoms with Crippen LogP contribution in [0.3, 0.4) is 0 Å². The van der Waals surface area contributed by atoms with Crippen LogP contribution in [0.5, 0.6) is 5.75 Å². The topological polar surface area (TPSA) is 50.4 Å². The summed E-state index contributed by atoms with van der Waals surface area (Å²) < 4.78 is 6.09. The Labute approximate surface area is 140 Å². The molecule has 2 rings (SSSR count). The number of hydrogen-bond donors (Lipinski definition) is 2. The molecule has 1 fully saturated rings. The Morgan fingerprint density at radius 3 is 2.95 bits per heavy atom. The highest BCUT2D eigenvalue weighted by atomic mass is 79.9. The largest absolute Gasteiger partial charge is 0.496 e. The maximum atomic E-state index is 11.8. The Morgan fingerprint density at radius 1 is 1.52 bits per heavy atom. The standard InChI is InChI=1S/C15H21BrN2O2.ClH/c1-20-14-4-2-12(8-13(14)16)10-18-15(19)5-3-11-6-7-17-9-11;/h2,4,8,11,17H,3,5-7,9-10H2,1H3,(H,18,19);1H. The predicted molar refractivity (Wildman–Crippen MR) is 90.0 cm³/mol. The van der Waals surface area contributed by atoms with E-state index in [0.717, 1.165) is 35.3 Å². The van der Waals surface area contributed by atoms with E-state index in [2.05, 4.69) is 26.6 Å². The molecule has 21 heavy (non-hydrogen) atoms. The van der Waals surface area contributed by atoms with Crippen LogP contribution in [0.4, 0.5) is 0 Å². The van der Waals surface area contributed by atoms with Crippen LogP contribution in [0.1, 0.15) is 24.8 Å². The number of hydrogen-bond acceptors (Lipinski definition) is 3. The summed E-state index contributed by atoms with van der Waals surface area (Å²) >= 11 is 3.45. The molecular formula is C15H22BrClN2O2. The maximum Gasteiger partial charge on any atom is 0.220 e. The molecule has 1 unspecified atom stereocenters. The number of nitrogens with one attached hydrogen (secondary N) is 2. The molecule has 1 aromatic rings. The number of carbonyl (C=O) groups excluding carboxylic acids is 1. The van der Waals surface area contributed by atoms with Crippen LogP contribution in [-0.2, 0) is 11.3 Å². The molecule has 2 N–H and O–H groups in total. The van der Waals surface area contributed by atoms with Crippen LogP contribution in [0.15, 0.2) is 22.7 Å². The summed E-state index contributed by atoms with van der Waals surface area (Å²) in [6.45, 7) is 2.70. The number of ether oxygens (including phenoxy) is 1. The Hall–Kier alpha value is -0.780. The molecule has 0 aliphatic carbocycles. The Balaban J connectivity index is 0.00000220. The molecule has 0 aromatic heterocycles. The number of carbonyl (C=O) groups is 1. The second-order valence-corrected chi connectivity index (χ2v) is 6.00. The van der Waals surface area contributed by atoms with Gasteiger partial charge in [0.05, 0.1) is 11.6 Å². The summed E-state index contributed by atoms with van der Waals surface area (Å²) in [4.78, 5) is 11.8. The van der Waals surface area contributed by atoms with Crippen LogP contribution < -0.4 is 15.4 Å². The zero-order chi connectivity index (χ0) is 14.4. The number of amides is 1. The summed E-state index contributed by atoms with van der Waals surface area (Å²) in [6, 6.07) is 5.83. The van der Waals surface area contributed by atoms with Gasteiger partial charge < -0.3 is 15.4 Å². The lowest BCUT2D eigenvalue weighted by atomic mass is 10.0. The van der Waals surface area contributed by atoms with Crippen molar-refractivity contribution in [1.82, 2.24) is 10.6 Å². The second kappa shape index (κ2) is 9.28. The van der Waals surface area contributed by atoms with E-state index in [0.29, 0.717) is 18.9 Å². The van der Waals surface area contributed by atoms with Gasteiger partial charge in [0.1, 0.15) is 5.75 Å². The molecule has 1 aromatic carbocycles. The number of methoxy groups -OCH3 is 1.